The first-order valence-electron chi connectivity index (χ1n) is 8.46. The van der Waals surface area contributed by atoms with Gasteiger partial charge in [0, 0.05) is 38.1 Å². The second-order valence-electron chi connectivity index (χ2n) is 6.46. The standard InChI is InChI=1S/C19H23ClN4O.ClH/c1-13-8-14(2)19(16(20)9-13)23-18(25)12-24-7-6-22-11-17(24)15-4-3-5-21-10-15;/h3-5,8-10,17,22H,6-7,11-12H2,1-2H3,(H,23,25);1H. The van der Waals surface area contributed by atoms with Crippen molar-refractivity contribution in [1.82, 2.24) is 15.2 Å². The molecule has 7 heteroatoms. The van der Waals surface area contributed by atoms with Crippen LogP contribution in [0.1, 0.15) is 22.7 Å². The molecule has 2 aromatic rings. The molecule has 0 radical (unpaired) electrons. The number of piperazine rings is 1. The van der Waals surface area contributed by atoms with Gasteiger partial charge in [0.15, 0.2) is 0 Å². The van der Waals surface area contributed by atoms with Crippen LogP contribution in [-0.4, -0.2) is 42.0 Å². The van der Waals surface area contributed by atoms with Gasteiger partial charge in [0.2, 0.25) is 5.91 Å². The van der Waals surface area contributed by atoms with Crippen LogP contribution in [0.5, 0.6) is 0 Å². The van der Waals surface area contributed by atoms with Crippen molar-refractivity contribution in [3.8, 4) is 0 Å². The van der Waals surface area contributed by atoms with E-state index in [0.717, 1.165) is 36.3 Å². The van der Waals surface area contributed by atoms with Gasteiger partial charge in [0.05, 0.1) is 17.3 Å². The molecule has 26 heavy (non-hydrogen) atoms. The van der Waals surface area contributed by atoms with Crippen molar-refractivity contribution in [2.75, 3.05) is 31.5 Å². The fourth-order valence-corrected chi connectivity index (χ4v) is 3.64. The van der Waals surface area contributed by atoms with Gasteiger partial charge in [0.25, 0.3) is 0 Å². The van der Waals surface area contributed by atoms with Gasteiger partial charge in [-0.25, -0.2) is 0 Å². The summed E-state index contributed by atoms with van der Waals surface area (Å²) in [5, 5.41) is 6.94. The number of aromatic nitrogens is 1. The number of nitrogens with zero attached hydrogens (tertiary/aromatic N) is 2. The molecule has 1 aromatic carbocycles. The Hall–Kier alpha value is -1.66. The molecule has 1 saturated heterocycles. The molecule has 1 unspecified atom stereocenters. The summed E-state index contributed by atoms with van der Waals surface area (Å²) >= 11 is 6.30. The predicted octanol–water partition coefficient (Wildman–Crippen LogP) is 3.36. The fourth-order valence-electron chi connectivity index (χ4n) is 3.27. The monoisotopic (exact) mass is 394 g/mol. The highest BCUT2D eigenvalue weighted by Crippen LogP contribution is 2.27. The summed E-state index contributed by atoms with van der Waals surface area (Å²) < 4.78 is 0. The molecular formula is C19H24Cl2N4O. The summed E-state index contributed by atoms with van der Waals surface area (Å²) in [6, 6.07) is 8.01. The van der Waals surface area contributed by atoms with Crippen LogP contribution in [0.15, 0.2) is 36.7 Å². The Morgan fingerprint density at radius 1 is 1.42 bits per heavy atom. The van der Waals surface area contributed by atoms with Gasteiger partial charge in [0.1, 0.15) is 0 Å². The number of rotatable bonds is 4. The van der Waals surface area contributed by atoms with Crippen LogP contribution in [0.25, 0.3) is 0 Å². The molecule has 1 amide bonds. The average Bonchev–Trinajstić information content (AvgIpc) is 2.59. The Kier molecular flexibility index (Phi) is 7.41. The zero-order chi connectivity index (χ0) is 17.8. The maximum atomic E-state index is 12.6. The van der Waals surface area contributed by atoms with Crippen LogP contribution < -0.4 is 10.6 Å². The third kappa shape index (κ3) is 4.95. The van der Waals surface area contributed by atoms with E-state index in [1.54, 1.807) is 6.20 Å². The van der Waals surface area contributed by atoms with Crippen molar-refractivity contribution >= 4 is 35.6 Å². The highest BCUT2D eigenvalue weighted by Gasteiger charge is 2.26. The zero-order valence-electron chi connectivity index (χ0n) is 15.0. The number of amides is 1. The number of aryl methyl sites for hydroxylation is 2. The van der Waals surface area contributed by atoms with Crippen molar-refractivity contribution in [1.29, 1.82) is 0 Å². The number of hydrogen-bond acceptors (Lipinski definition) is 4. The SMILES string of the molecule is Cc1cc(C)c(NC(=O)CN2CCNCC2c2cccnc2)c(Cl)c1.Cl. The summed E-state index contributed by atoms with van der Waals surface area (Å²) in [5.74, 6) is -0.0513. The molecule has 5 nitrogen and oxygen atoms in total. The van der Waals surface area contributed by atoms with Crippen LogP contribution in [0.4, 0.5) is 5.69 Å². The zero-order valence-corrected chi connectivity index (χ0v) is 16.5. The van der Waals surface area contributed by atoms with E-state index in [1.165, 1.54) is 0 Å². The quantitative estimate of drug-likeness (QED) is 0.834. The van der Waals surface area contributed by atoms with Gasteiger partial charge >= 0.3 is 0 Å². The molecule has 2 heterocycles. The second-order valence-corrected chi connectivity index (χ2v) is 6.87. The normalized spacial score (nSPS) is 17.4. The first-order chi connectivity index (χ1) is 12.0. The molecule has 1 aliphatic heterocycles. The number of anilines is 1. The highest BCUT2D eigenvalue weighted by molar-refractivity contribution is 6.34. The molecular weight excluding hydrogens is 371 g/mol. The first-order valence-corrected chi connectivity index (χ1v) is 8.83. The number of carbonyl (C=O) groups is 1. The number of hydrogen-bond donors (Lipinski definition) is 2. The van der Waals surface area contributed by atoms with Crippen molar-refractivity contribution in [2.24, 2.45) is 0 Å². The largest absolute Gasteiger partial charge is 0.323 e. The maximum absolute atomic E-state index is 12.6. The first kappa shape index (κ1) is 20.6. The molecule has 1 atom stereocenters. The minimum Gasteiger partial charge on any atom is -0.323 e. The molecule has 3 rings (SSSR count). The maximum Gasteiger partial charge on any atom is 0.238 e. The number of nitrogens with one attached hydrogen (secondary N) is 2. The van der Waals surface area contributed by atoms with Crippen LogP contribution in [0.3, 0.4) is 0 Å². The molecule has 1 fully saturated rings. The molecule has 0 spiro atoms. The van der Waals surface area contributed by atoms with E-state index in [9.17, 15) is 4.79 Å². The van der Waals surface area contributed by atoms with Gasteiger partial charge < -0.3 is 10.6 Å². The summed E-state index contributed by atoms with van der Waals surface area (Å²) in [4.78, 5) is 19.0. The lowest BCUT2D eigenvalue weighted by Crippen LogP contribution is -2.48. The van der Waals surface area contributed by atoms with E-state index >= 15 is 0 Å². The van der Waals surface area contributed by atoms with Gasteiger partial charge in [-0.05, 0) is 42.7 Å². The lowest BCUT2D eigenvalue weighted by atomic mass is 10.1. The van der Waals surface area contributed by atoms with Crippen LogP contribution in [0.2, 0.25) is 5.02 Å². The predicted molar refractivity (Wildman–Crippen MR) is 108 cm³/mol. The molecule has 1 aliphatic rings. The molecule has 2 N–H and O–H groups in total. The minimum atomic E-state index is -0.0513. The van der Waals surface area contributed by atoms with Crippen molar-refractivity contribution < 1.29 is 4.79 Å². The Balaban J connectivity index is 0.00000243. The highest BCUT2D eigenvalue weighted by atomic mass is 35.5. The summed E-state index contributed by atoms with van der Waals surface area (Å²) in [6.07, 6.45) is 3.63. The van der Waals surface area contributed by atoms with Gasteiger partial charge in [-0.3, -0.25) is 14.7 Å². The molecule has 140 valence electrons. The third-order valence-electron chi connectivity index (χ3n) is 4.47. The number of pyridine rings is 1. The summed E-state index contributed by atoms with van der Waals surface area (Å²) in [6.45, 7) is 6.76. The van der Waals surface area contributed by atoms with E-state index < -0.39 is 0 Å². The Morgan fingerprint density at radius 3 is 2.92 bits per heavy atom. The Morgan fingerprint density at radius 2 is 2.23 bits per heavy atom. The van der Waals surface area contributed by atoms with Gasteiger partial charge in [-0.2, -0.15) is 0 Å². The van der Waals surface area contributed by atoms with Crippen LogP contribution >= 0.6 is 24.0 Å². The minimum absolute atomic E-state index is 0. The number of carbonyl (C=O) groups excluding carboxylic acids is 1. The van der Waals surface area contributed by atoms with Gasteiger partial charge in [-0.1, -0.05) is 23.7 Å². The lowest BCUT2D eigenvalue weighted by Gasteiger charge is -2.35. The second kappa shape index (κ2) is 9.33. The van der Waals surface area contributed by atoms with E-state index in [4.69, 9.17) is 11.6 Å². The molecule has 0 aliphatic carbocycles. The van der Waals surface area contributed by atoms with Crippen molar-refractivity contribution in [3.63, 3.8) is 0 Å². The molecule has 1 aromatic heterocycles. The molecule has 0 bridgehead atoms. The van der Waals surface area contributed by atoms with Crippen molar-refractivity contribution in [3.05, 3.63) is 58.4 Å². The van der Waals surface area contributed by atoms with Crippen LogP contribution in [-0.2, 0) is 4.79 Å². The Labute approximate surface area is 165 Å². The van der Waals surface area contributed by atoms with Crippen molar-refractivity contribution in [2.45, 2.75) is 19.9 Å². The summed E-state index contributed by atoms with van der Waals surface area (Å²) in [7, 11) is 0. The van der Waals surface area contributed by atoms with Gasteiger partial charge in [-0.15, -0.1) is 12.4 Å². The van der Waals surface area contributed by atoms with E-state index in [-0.39, 0.29) is 24.4 Å². The van der Waals surface area contributed by atoms with E-state index in [1.807, 2.05) is 38.2 Å². The fraction of sp³-hybridized carbons (Fsp3) is 0.368. The lowest BCUT2D eigenvalue weighted by molar-refractivity contribution is -0.118. The smallest absolute Gasteiger partial charge is 0.238 e. The summed E-state index contributed by atoms with van der Waals surface area (Å²) in [5.41, 5.74) is 3.87. The van der Waals surface area contributed by atoms with E-state index in [0.29, 0.717) is 17.3 Å². The number of halogens is 2. The topological polar surface area (TPSA) is 57.3 Å². The third-order valence-corrected chi connectivity index (χ3v) is 4.76. The number of benzene rings is 1. The van der Waals surface area contributed by atoms with Crippen LogP contribution in [0, 0.1) is 13.8 Å². The van der Waals surface area contributed by atoms with E-state index in [2.05, 4.69) is 26.6 Å². The average molecular weight is 395 g/mol. The molecule has 0 saturated carbocycles. The Bertz CT molecular complexity index is 731.